The van der Waals surface area contributed by atoms with E-state index in [4.69, 9.17) is 4.98 Å². The third kappa shape index (κ3) is 7.04. The first kappa shape index (κ1) is 32.5. The quantitative estimate of drug-likeness (QED) is 0.182. The van der Waals surface area contributed by atoms with Crippen LogP contribution in [0.3, 0.4) is 0 Å². The van der Waals surface area contributed by atoms with Crippen molar-refractivity contribution in [1.29, 1.82) is 0 Å². The van der Waals surface area contributed by atoms with Crippen LogP contribution in [0.5, 0.6) is 0 Å². The van der Waals surface area contributed by atoms with Crippen LogP contribution < -0.4 is 20.7 Å². The maximum atomic E-state index is 13.0. The molecule has 2 aromatic carbocycles. The SMILES string of the molecule is CCCCN(CCCC)c1ccc(C2(c3ccc(N(CCCC)CCCC)cc3C)NNC(=O)c3nccnc32)c(C)c1. The lowest BCUT2D eigenvalue weighted by atomic mass is 9.75. The molecule has 1 aromatic heterocycles. The first-order chi connectivity index (χ1) is 20.9. The summed E-state index contributed by atoms with van der Waals surface area (Å²) < 4.78 is 0. The summed E-state index contributed by atoms with van der Waals surface area (Å²) in [6.07, 6.45) is 12.7. The zero-order chi connectivity index (χ0) is 30.8. The molecule has 0 unspecified atom stereocenters. The number of nitrogens with zero attached hydrogens (tertiary/aromatic N) is 4. The van der Waals surface area contributed by atoms with Gasteiger partial charge in [0.25, 0.3) is 5.91 Å². The van der Waals surface area contributed by atoms with Crippen molar-refractivity contribution in [2.24, 2.45) is 0 Å². The summed E-state index contributed by atoms with van der Waals surface area (Å²) in [5.74, 6) is -0.266. The van der Waals surface area contributed by atoms with Crippen LogP contribution in [0.4, 0.5) is 11.4 Å². The van der Waals surface area contributed by atoms with Gasteiger partial charge in [0, 0.05) is 49.9 Å². The molecule has 232 valence electrons. The number of hydrogen-bond acceptors (Lipinski definition) is 6. The largest absolute Gasteiger partial charge is 0.372 e. The van der Waals surface area contributed by atoms with Gasteiger partial charge >= 0.3 is 0 Å². The van der Waals surface area contributed by atoms with Crippen molar-refractivity contribution in [3.05, 3.63) is 82.4 Å². The van der Waals surface area contributed by atoms with Crippen molar-refractivity contribution in [3.63, 3.8) is 0 Å². The van der Waals surface area contributed by atoms with Crippen LogP contribution in [0.1, 0.15) is 117 Å². The molecule has 2 N–H and O–H groups in total. The molecule has 0 saturated carbocycles. The van der Waals surface area contributed by atoms with Crippen molar-refractivity contribution < 1.29 is 4.79 Å². The second kappa shape index (κ2) is 15.3. The Morgan fingerprint density at radius 3 is 1.53 bits per heavy atom. The van der Waals surface area contributed by atoms with Gasteiger partial charge < -0.3 is 9.80 Å². The van der Waals surface area contributed by atoms with Gasteiger partial charge in [-0.2, -0.15) is 0 Å². The van der Waals surface area contributed by atoms with Crippen molar-refractivity contribution in [2.45, 2.75) is 98.4 Å². The molecule has 0 aliphatic carbocycles. The van der Waals surface area contributed by atoms with E-state index < -0.39 is 5.54 Å². The molecule has 0 atom stereocenters. The number of aryl methyl sites for hydroxylation is 2. The third-order valence-electron chi connectivity index (χ3n) is 8.72. The number of benzene rings is 2. The lowest BCUT2D eigenvalue weighted by molar-refractivity contribution is 0.0887. The van der Waals surface area contributed by atoms with Crippen molar-refractivity contribution in [2.75, 3.05) is 36.0 Å². The number of anilines is 2. The van der Waals surface area contributed by atoms with Crippen LogP contribution in [0, 0.1) is 13.8 Å². The Morgan fingerprint density at radius 2 is 1.12 bits per heavy atom. The fraction of sp³-hybridized carbons (Fsp3) is 0.528. The highest BCUT2D eigenvalue weighted by Gasteiger charge is 2.46. The summed E-state index contributed by atoms with van der Waals surface area (Å²) in [6.45, 7) is 17.5. The number of nitrogens with one attached hydrogen (secondary N) is 2. The molecule has 0 radical (unpaired) electrons. The third-order valence-corrected chi connectivity index (χ3v) is 8.72. The Balaban J connectivity index is 1.86. The minimum absolute atomic E-state index is 0.266. The second-order valence-corrected chi connectivity index (χ2v) is 12.0. The molecule has 1 amide bonds. The normalized spacial score (nSPS) is 13.9. The Kier molecular flexibility index (Phi) is 11.6. The van der Waals surface area contributed by atoms with Gasteiger partial charge in [-0.3, -0.25) is 15.2 Å². The number of unbranched alkanes of at least 4 members (excludes halogenated alkanes) is 4. The van der Waals surface area contributed by atoms with Crippen LogP contribution in [0.2, 0.25) is 0 Å². The summed E-state index contributed by atoms with van der Waals surface area (Å²) in [7, 11) is 0. The summed E-state index contributed by atoms with van der Waals surface area (Å²) in [5, 5.41) is 0. The molecule has 0 spiro atoms. The first-order valence-electron chi connectivity index (χ1n) is 16.5. The van der Waals surface area contributed by atoms with E-state index in [0.29, 0.717) is 11.4 Å². The van der Waals surface area contributed by atoms with Crippen molar-refractivity contribution >= 4 is 17.3 Å². The van der Waals surface area contributed by atoms with E-state index in [9.17, 15) is 4.79 Å². The average molecular weight is 585 g/mol. The summed E-state index contributed by atoms with van der Waals surface area (Å²) in [6, 6.07) is 13.5. The first-order valence-corrected chi connectivity index (χ1v) is 16.5. The fourth-order valence-electron chi connectivity index (χ4n) is 6.25. The standard InChI is InChI=1S/C36H52N6O/c1-7-11-21-41(22-12-8-2)29-15-17-31(27(5)25-29)36(34-33(35(43)39-40-36)37-19-20-38-34)32-18-16-30(26-28(32)6)42(23-13-9-3)24-14-10-4/h15-20,25-26,40H,7-14,21-24H2,1-6H3,(H,39,43). The Bertz CT molecular complexity index is 1270. The van der Waals surface area contributed by atoms with Gasteiger partial charge in [0.15, 0.2) is 5.69 Å². The highest BCUT2D eigenvalue weighted by Crippen LogP contribution is 2.42. The molecule has 0 bridgehead atoms. The van der Waals surface area contributed by atoms with Gasteiger partial charge in [-0.15, -0.1) is 0 Å². The molecule has 43 heavy (non-hydrogen) atoms. The summed E-state index contributed by atoms with van der Waals surface area (Å²) in [5.41, 5.74) is 13.4. The zero-order valence-electron chi connectivity index (χ0n) is 27.3. The lowest BCUT2D eigenvalue weighted by Gasteiger charge is -2.41. The molecule has 1 aliphatic heterocycles. The predicted octanol–water partition coefficient (Wildman–Crippen LogP) is 7.45. The smallest absolute Gasteiger partial charge is 0.286 e. The molecule has 0 fully saturated rings. The van der Waals surface area contributed by atoms with Crippen LogP contribution >= 0.6 is 0 Å². The molecule has 4 rings (SSSR count). The van der Waals surface area contributed by atoms with Crippen molar-refractivity contribution in [1.82, 2.24) is 20.8 Å². The summed E-state index contributed by atoms with van der Waals surface area (Å²) >= 11 is 0. The number of carbonyl (C=O) groups is 1. The van der Waals surface area contributed by atoms with E-state index in [1.54, 1.807) is 12.4 Å². The van der Waals surface area contributed by atoms with Crippen LogP contribution in [-0.2, 0) is 5.54 Å². The van der Waals surface area contributed by atoms with Gasteiger partial charge in [0.1, 0.15) is 11.2 Å². The van der Waals surface area contributed by atoms with Gasteiger partial charge in [0.2, 0.25) is 0 Å². The van der Waals surface area contributed by atoms with Gasteiger partial charge in [-0.25, -0.2) is 10.4 Å². The Morgan fingerprint density at radius 1 is 0.674 bits per heavy atom. The van der Waals surface area contributed by atoms with Gasteiger partial charge in [-0.1, -0.05) is 65.5 Å². The minimum atomic E-state index is -0.891. The highest BCUT2D eigenvalue weighted by atomic mass is 16.2. The van der Waals surface area contributed by atoms with E-state index in [0.717, 1.165) is 48.4 Å². The monoisotopic (exact) mass is 584 g/mol. The number of amides is 1. The Labute approximate surface area is 259 Å². The molecule has 7 heteroatoms. The van der Waals surface area contributed by atoms with E-state index in [-0.39, 0.29) is 5.91 Å². The number of rotatable bonds is 16. The minimum Gasteiger partial charge on any atom is -0.372 e. The van der Waals surface area contributed by atoms with Crippen LogP contribution in [0.25, 0.3) is 0 Å². The molecule has 3 aromatic rings. The lowest BCUT2D eigenvalue weighted by Crippen LogP contribution is -2.59. The van der Waals surface area contributed by atoms with E-state index in [2.05, 4.69) is 104 Å². The predicted molar refractivity (Wildman–Crippen MR) is 179 cm³/mol. The molecule has 1 aliphatic rings. The number of carbonyl (C=O) groups excluding carboxylic acids is 1. The average Bonchev–Trinajstić information content (AvgIpc) is 3.02. The van der Waals surface area contributed by atoms with E-state index in [1.165, 1.54) is 62.7 Å². The van der Waals surface area contributed by atoms with E-state index in [1.807, 2.05) is 0 Å². The number of aromatic nitrogens is 2. The second-order valence-electron chi connectivity index (χ2n) is 12.0. The number of hydrazine groups is 1. The topological polar surface area (TPSA) is 73.4 Å². The fourth-order valence-corrected chi connectivity index (χ4v) is 6.25. The van der Waals surface area contributed by atoms with Crippen LogP contribution in [-0.4, -0.2) is 42.1 Å². The zero-order valence-corrected chi connectivity index (χ0v) is 27.3. The van der Waals surface area contributed by atoms with E-state index >= 15 is 0 Å². The van der Waals surface area contributed by atoms with Crippen LogP contribution in [0.15, 0.2) is 48.8 Å². The number of hydrogen-bond donors (Lipinski definition) is 2. The number of fused-ring (bicyclic) bond motifs is 1. The van der Waals surface area contributed by atoms with Gasteiger partial charge in [0.05, 0.1) is 0 Å². The molecule has 0 saturated heterocycles. The van der Waals surface area contributed by atoms with Gasteiger partial charge in [-0.05, 0) is 86.1 Å². The highest BCUT2D eigenvalue weighted by molar-refractivity contribution is 5.95. The Hall–Kier alpha value is -3.45. The molecular weight excluding hydrogens is 532 g/mol. The maximum Gasteiger partial charge on any atom is 0.286 e. The molecule has 7 nitrogen and oxygen atoms in total. The van der Waals surface area contributed by atoms with Crippen molar-refractivity contribution in [3.8, 4) is 0 Å². The molecular formula is C36H52N6O. The summed E-state index contributed by atoms with van der Waals surface area (Å²) in [4.78, 5) is 27.4. The molecule has 2 heterocycles. The maximum absolute atomic E-state index is 13.0.